The van der Waals surface area contributed by atoms with E-state index in [0.717, 1.165) is 25.8 Å². The van der Waals surface area contributed by atoms with Gasteiger partial charge in [0.1, 0.15) is 0 Å². The minimum absolute atomic E-state index is 0.285. The molecule has 18 heavy (non-hydrogen) atoms. The van der Waals surface area contributed by atoms with Crippen molar-refractivity contribution in [3.8, 4) is 0 Å². The normalized spacial score (nSPS) is 17.6. The molecule has 1 aromatic carbocycles. The number of carbonyl (C=O) groups is 1. The molecule has 0 aliphatic heterocycles. The molecule has 0 N–H and O–H groups in total. The van der Waals surface area contributed by atoms with Gasteiger partial charge in [0.15, 0.2) is 0 Å². The second-order valence-corrected chi connectivity index (χ2v) is 6.08. The first-order valence-corrected chi connectivity index (χ1v) is 7.83. The predicted octanol–water partition coefficient (Wildman–Crippen LogP) is 3.93. The van der Waals surface area contributed by atoms with Crippen molar-refractivity contribution in [3.05, 3.63) is 32.9 Å². The third kappa shape index (κ3) is 2.71. The number of halogens is 1. The SMILES string of the molecule is CCCN(C(=O)CC)C1CCc2cc(I)ccc21. The van der Waals surface area contributed by atoms with Crippen LogP contribution in [0.15, 0.2) is 18.2 Å². The summed E-state index contributed by atoms with van der Waals surface area (Å²) in [6.07, 6.45) is 3.83. The lowest BCUT2D eigenvalue weighted by Gasteiger charge is -2.29. The number of aryl methyl sites for hydroxylation is 1. The largest absolute Gasteiger partial charge is 0.336 e. The molecule has 0 radical (unpaired) electrons. The van der Waals surface area contributed by atoms with Crippen molar-refractivity contribution < 1.29 is 4.79 Å². The molecule has 0 aromatic heterocycles. The van der Waals surface area contributed by atoms with Crippen LogP contribution in [0, 0.1) is 3.57 Å². The summed E-state index contributed by atoms with van der Waals surface area (Å²) in [6, 6.07) is 6.93. The van der Waals surface area contributed by atoms with Gasteiger partial charge in [-0.2, -0.15) is 0 Å². The van der Waals surface area contributed by atoms with E-state index < -0.39 is 0 Å². The quantitative estimate of drug-likeness (QED) is 0.748. The molecule has 1 aromatic rings. The first kappa shape index (κ1) is 13.8. The molecule has 0 bridgehead atoms. The van der Waals surface area contributed by atoms with Crippen molar-refractivity contribution in [1.82, 2.24) is 4.90 Å². The number of amides is 1. The average Bonchev–Trinajstić information content (AvgIpc) is 2.77. The van der Waals surface area contributed by atoms with Crippen molar-refractivity contribution >= 4 is 28.5 Å². The summed E-state index contributed by atoms with van der Waals surface area (Å²) < 4.78 is 1.29. The van der Waals surface area contributed by atoms with Gasteiger partial charge < -0.3 is 4.90 Å². The summed E-state index contributed by atoms with van der Waals surface area (Å²) in [5, 5.41) is 0. The fourth-order valence-corrected chi connectivity index (χ4v) is 3.34. The van der Waals surface area contributed by atoms with Crippen LogP contribution in [-0.2, 0) is 11.2 Å². The molecule has 2 nitrogen and oxygen atoms in total. The molecular weight excluding hydrogens is 337 g/mol. The van der Waals surface area contributed by atoms with Gasteiger partial charge in [0, 0.05) is 16.5 Å². The fourth-order valence-electron chi connectivity index (χ4n) is 2.79. The standard InChI is InChI=1S/C15H20INO/c1-3-9-17(15(18)4-2)14-8-5-11-10-12(16)6-7-13(11)14/h6-7,10,14H,3-5,8-9H2,1-2H3. The molecule has 1 unspecified atom stereocenters. The van der Waals surface area contributed by atoms with Crippen LogP contribution in [0.25, 0.3) is 0 Å². The Morgan fingerprint density at radius 3 is 2.89 bits per heavy atom. The number of fused-ring (bicyclic) bond motifs is 1. The van der Waals surface area contributed by atoms with Gasteiger partial charge in [-0.15, -0.1) is 0 Å². The molecule has 0 saturated heterocycles. The number of hydrogen-bond donors (Lipinski definition) is 0. The van der Waals surface area contributed by atoms with Crippen LogP contribution in [0.3, 0.4) is 0 Å². The number of rotatable bonds is 4. The minimum Gasteiger partial charge on any atom is -0.336 e. The maximum absolute atomic E-state index is 12.1. The monoisotopic (exact) mass is 357 g/mol. The van der Waals surface area contributed by atoms with E-state index in [2.05, 4.69) is 52.6 Å². The van der Waals surface area contributed by atoms with Crippen LogP contribution in [0.2, 0.25) is 0 Å². The molecular formula is C15H20INO. The van der Waals surface area contributed by atoms with Crippen molar-refractivity contribution in [2.45, 2.75) is 45.6 Å². The van der Waals surface area contributed by atoms with Gasteiger partial charge in [-0.3, -0.25) is 4.79 Å². The second kappa shape index (κ2) is 6.04. The number of hydrogen-bond acceptors (Lipinski definition) is 1. The summed E-state index contributed by atoms with van der Waals surface area (Å²) >= 11 is 2.35. The minimum atomic E-state index is 0.285. The van der Waals surface area contributed by atoms with E-state index in [1.807, 2.05) is 6.92 Å². The van der Waals surface area contributed by atoms with E-state index in [0.29, 0.717) is 12.5 Å². The lowest BCUT2D eigenvalue weighted by Crippen LogP contribution is -2.34. The Morgan fingerprint density at radius 2 is 2.22 bits per heavy atom. The van der Waals surface area contributed by atoms with Gasteiger partial charge in [0.05, 0.1) is 6.04 Å². The molecule has 1 amide bonds. The molecule has 0 fully saturated rings. The van der Waals surface area contributed by atoms with Crippen molar-refractivity contribution in [2.75, 3.05) is 6.54 Å². The number of benzene rings is 1. The van der Waals surface area contributed by atoms with E-state index in [-0.39, 0.29) is 5.91 Å². The Bertz CT molecular complexity index is 444. The Labute approximate surface area is 123 Å². The van der Waals surface area contributed by atoms with Gasteiger partial charge in [-0.25, -0.2) is 0 Å². The molecule has 0 saturated carbocycles. The van der Waals surface area contributed by atoms with Gasteiger partial charge in [0.2, 0.25) is 5.91 Å². The van der Waals surface area contributed by atoms with E-state index in [9.17, 15) is 4.79 Å². The lowest BCUT2D eigenvalue weighted by molar-refractivity contribution is -0.133. The van der Waals surface area contributed by atoms with Gasteiger partial charge >= 0.3 is 0 Å². The summed E-state index contributed by atoms with van der Waals surface area (Å²) in [6.45, 7) is 4.97. The van der Waals surface area contributed by atoms with Crippen LogP contribution in [-0.4, -0.2) is 17.4 Å². The summed E-state index contributed by atoms with van der Waals surface area (Å²) in [5.41, 5.74) is 2.79. The number of carbonyl (C=O) groups excluding carboxylic acids is 1. The van der Waals surface area contributed by atoms with Gasteiger partial charge in [-0.1, -0.05) is 19.9 Å². The van der Waals surface area contributed by atoms with Gasteiger partial charge in [0.25, 0.3) is 0 Å². The van der Waals surface area contributed by atoms with E-state index >= 15 is 0 Å². The summed E-state index contributed by atoms with van der Waals surface area (Å²) in [4.78, 5) is 14.2. The highest BCUT2D eigenvalue weighted by atomic mass is 127. The Balaban J connectivity index is 2.27. The topological polar surface area (TPSA) is 20.3 Å². The Morgan fingerprint density at radius 1 is 1.44 bits per heavy atom. The van der Waals surface area contributed by atoms with Crippen molar-refractivity contribution in [2.24, 2.45) is 0 Å². The summed E-state index contributed by atoms with van der Waals surface area (Å²) in [7, 11) is 0. The Hall–Kier alpha value is -0.580. The highest BCUT2D eigenvalue weighted by molar-refractivity contribution is 14.1. The number of nitrogens with zero attached hydrogens (tertiary/aromatic N) is 1. The highest BCUT2D eigenvalue weighted by Gasteiger charge is 2.29. The van der Waals surface area contributed by atoms with Crippen LogP contribution in [0.1, 0.15) is 50.3 Å². The lowest BCUT2D eigenvalue weighted by atomic mass is 10.1. The third-order valence-electron chi connectivity index (χ3n) is 3.61. The zero-order chi connectivity index (χ0) is 13.1. The first-order valence-electron chi connectivity index (χ1n) is 6.75. The molecule has 0 heterocycles. The predicted molar refractivity (Wildman–Crippen MR) is 82.5 cm³/mol. The summed E-state index contributed by atoms with van der Waals surface area (Å²) in [5.74, 6) is 0.285. The second-order valence-electron chi connectivity index (χ2n) is 4.84. The smallest absolute Gasteiger partial charge is 0.222 e. The Kier molecular flexibility index (Phi) is 4.65. The van der Waals surface area contributed by atoms with E-state index in [1.165, 1.54) is 14.7 Å². The van der Waals surface area contributed by atoms with Gasteiger partial charge in [-0.05, 0) is 65.1 Å². The maximum atomic E-state index is 12.1. The fraction of sp³-hybridized carbons (Fsp3) is 0.533. The molecule has 1 atom stereocenters. The van der Waals surface area contributed by atoms with E-state index in [4.69, 9.17) is 0 Å². The molecule has 98 valence electrons. The molecule has 2 rings (SSSR count). The molecule has 1 aliphatic rings. The molecule has 0 spiro atoms. The van der Waals surface area contributed by atoms with E-state index in [1.54, 1.807) is 0 Å². The van der Waals surface area contributed by atoms with Crippen LogP contribution in [0.5, 0.6) is 0 Å². The first-order chi connectivity index (χ1) is 8.67. The van der Waals surface area contributed by atoms with Crippen LogP contribution < -0.4 is 0 Å². The maximum Gasteiger partial charge on any atom is 0.222 e. The zero-order valence-electron chi connectivity index (χ0n) is 11.1. The molecule has 3 heteroatoms. The zero-order valence-corrected chi connectivity index (χ0v) is 13.2. The highest BCUT2D eigenvalue weighted by Crippen LogP contribution is 2.36. The third-order valence-corrected chi connectivity index (χ3v) is 4.29. The average molecular weight is 357 g/mol. The van der Waals surface area contributed by atoms with Crippen molar-refractivity contribution in [1.29, 1.82) is 0 Å². The van der Waals surface area contributed by atoms with Crippen LogP contribution >= 0.6 is 22.6 Å². The molecule has 1 aliphatic carbocycles. The van der Waals surface area contributed by atoms with Crippen LogP contribution in [0.4, 0.5) is 0 Å². The van der Waals surface area contributed by atoms with Crippen molar-refractivity contribution in [3.63, 3.8) is 0 Å².